The van der Waals surface area contributed by atoms with Gasteiger partial charge < -0.3 is 9.47 Å². The van der Waals surface area contributed by atoms with Gasteiger partial charge in [-0.25, -0.2) is 4.99 Å². The van der Waals surface area contributed by atoms with Gasteiger partial charge in [-0.1, -0.05) is 48.5 Å². The minimum absolute atomic E-state index is 0.0566. The van der Waals surface area contributed by atoms with Crippen molar-refractivity contribution < 1.29 is 9.47 Å². The molecule has 3 aromatic rings. The smallest absolute Gasteiger partial charge is 0.218 e. The van der Waals surface area contributed by atoms with E-state index in [2.05, 4.69) is 23.2 Å². The maximum atomic E-state index is 6.18. The largest absolute Gasteiger partial charge is 0.467 e. The molecule has 1 aromatic heterocycles. The van der Waals surface area contributed by atoms with Crippen molar-refractivity contribution in [3.8, 4) is 0 Å². The van der Waals surface area contributed by atoms with Gasteiger partial charge in [0.15, 0.2) is 6.10 Å². The van der Waals surface area contributed by atoms with Crippen LogP contribution in [0.25, 0.3) is 10.9 Å². The molecule has 4 heteroatoms. The van der Waals surface area contributed by atoms with Crippen molar-refractivity contribution >= 4 is 16.8 Å². The van der Waals surface area contributed by atoms with Crippen LogP contribution in [0.2, 0.25) is 0 Å². The Kier molecular flexibility index (Phi) is 3.97. The zero-order valence-electron chi connectivity index (χ0n) is 13.4. The summed E-state index contributed by atoms with van der Waals surface area (Å²) in [7, 11) is 1.69. The lowest BCUT2D eigenvalue weighted by atomic mass is 10.0. The highest BCUT2D eigenvalue weighted by atomic mass is 16.5. The minimum atomic E-state index is -0.132. The van der Waals surface area contributed by atoms with Crippen LogP contribution in [-0.4, -0.2) is 30.6 Å². The Morgan fingerprint density at radius 2 is 1.83 bits per heavy atom. The third-order valence-electron chi connectivity index (χ3n) is 4.17. The Hall–Kier alpha value is -2.72. The normalized spacial score (nSPS) is 20.0. The first kappa shape index (κ1) is 14.8. The quantitative estimate of drug-likeness (QED) is 0.735. The average Bonchev–Trinajstić information content (AvgIpc) is 3.06. The molecule has 0 amide bonds. The monoisotopic (exact) mass is 318 g/mol. The van der Waals surface area contributed by atoms with Crippen molar-refractivity contribution in [3.05, 3.63) is 78.0 Å². The Balaban J connectivity index is 1.68. The maximum Gasteiger partial charge on any atom is 0.218 e. The van der Waals surface area contributed by atoms with Crippen LogP contribution in [0.4, 0.5) is 0 Å². The van der Waals surface area contributed by atoms with Crippen molar-refractivity contribution in [2.24, 2.45) is 4.99 Å². The summed E-state index contributed by atoms with van der Waals surface area (Å²) >= 11 is 0. The number of nitrogens with zero attached hydrogens (tertiary/aromatic N) is 2. The fourth-order valence-corrected chi connectivity index (χ4v) is 3.01. The average molecular weight is 318 g/mol. The van der Waals surface area contributed by atoms with Crippen LogP contribution in [0.1, 0.15) is 17.2 Å². The maximum absolute atomic E-state index is 6.18. The molecular formula is C20H18N2O2. The standard InChI is InChI=1S/C20H18N2O2/c1-23-13-18-19(14-7-3-2-4-8-14)24-20(22-18)16-11-15-9-5-6-10-17(15)21-12-16/h2-12,18-19H,13H2,1H3/t18-,19-/m0/s1. The molecule has 0 N–H and O–H groups in total. The molecule has 1 aliphatic heterocycles. The highest BCUT2D eigenvalue weighted by Gasteiger charge is 2.33. The van der Waals surface area contributed by atoms with Gasteiger partial charge in [-0.15, -0.1) is 0 Å². The molecule has 0 saturated heterocycles. The summed E-state index contributed by atoms with van der Waals surface area (Å²) in [6.07, 6.45) is 1.69. The topological polar surface area (TPSA) is 43.7 Å². The van der Waals surface area contributed by atoms with Gasteiger partial charge in [-0.3, -0.25) is 4.98 Å². The van der Waals surface area contributed by atoms with E-state index in [9.17, 15) is 0 Å². The van der Waals surface area contributed by atoms with E-state index in [1.807, 2.05) is 48.7 Å². The van der Waals surface area contributed by atoms with E-state index in [1.165, 1.54) is 0 Å². The minimum Gasteiger partial charge on any atom is -0.467 e. The highest BCUT2D eigenvalue weighted by molar-refractivity contribution is 5.98. The summed E-state index contributed by atoms with van der Waals surface area (Å²) in [6, 6.07) is 20.2. The first-order valence-electron chi connectivity index (χ1n) is 7.98. The molecule has 1 aliphatic rings. The van der Waals surface area contributed by atoms with Gasteiger partial charge in [-0.05, 0) is 17.7 Å². The van der Waals surface area contributed by atoms with Gasteiger partial charge in [0.1, 0.15) is 6.04 Å². The summed E-state index contributed by atoms with van der Waals surface area (Å²) in [4.78, 5) is 9.24. The number of aliphatic imine (C=N–C) groups is 1. The summed E-state index contributed by atoms with van der Waals surface area (Å²) in [5.41, 5.74) is 2.97. The molecule has 120 valence electrons. The predicted molar refractivity (Wildman–Crippen MR) is 94.2 cm³/mol. The van der Waals surface area contributed by atoms with Crippen molar-refractivity contribution in [1.82, 2.24) is 4.98 Å². The fraction of sp³-hybridized carbons (Fsp3) is 0.200. The van der Waals surface area contributed by atoms with Gasteiger partial charge >= 0.3 is 0 Å². The summed E-state index contributed by atoms with van der Waals surface area (Å²) in [5.74, 6) is 0.629. The van der Waals surface area contributed by atoms with Crippen LogP contribution in [0.3, 0.4) is 0 Å². The van der Waals surface area contributed by atoms with E-state index in [0.29, 0.717) is 12.5 Å². The van der Waals surface area contributed by atoms with Crippen LogP contribution in [0.5, 0.6) is 0 Å². The van der Waals surface area contributed by atoms with Crippen LogP contribution in [-0.2, 0) is 9.47 Å². The van der Waals surface area contributed by atoms with Gasteiger partial charge in [0, 0.05) is 18.7 Å². The Labute approximate surface area is 140 Å². The highest BCUT2D eigenvalue weighted by Crippen LogP contribution is 2.31. The Morgan fingerprint density at radius 1 is 1.04 bits per heavy atom. The summed E-state index contributed by atoms with van der Waals surface area (Å²) in [5, 5.41) is 1.08. The second-order valence-corrected chi connectivity index (χ2v) is 5.82. The number of hydrogen-bond donors (Lipinski definition) is 0. The van der Waals surface area contributed by atoms with Gasteiger partial charge in [0.25, 0.3) is 0 Å². The van der Waals surface area contributed by atoms with Gasteiger partial charge in [0.2, 0.25) is 5.90 Å². The second kappa shape index (κ2) is 6.42. The molecule has 4 nitrogen and oxygen atoms in total. The third kappa shape index (κ3) is 2.76. The van der Waals surface area contributed by atoms with E-state index in [1.54, 1.807) is 7.11 Å². The SMILES string of the molecule is COC[C@@H]1N=C(c2cnc3ccccc3c2)O[C@H]1c1ccccc1. The molecule has 0 unspecified atom stereocenters. The number of ether oxygens (including phenoxy) is 2. The molecule has 2 heterocycles. The molecule has 0 saturated carbocycles. The van der Waals surface area contributed by atoms with E-state index < -0.39 is 0 Å². The first-order valence-corrected chi connectivity index (χ1v) is 7.98. The number of benzene rings is 2. The van der Waals surface area contributed by atoms with Crippen molar-refractivity contribution in [3.63, 3.8) is 0 Å². The molecule has 2 atom stereocenters. The zero-order valence-corrected chi connectivity index (χ0v) is 13.4. The molecule has 0 aliphatic carbocycles. The summed E-state index contributed by atoms with van der Waals surface area (Å²) in [6.45, 7) is 0.518. The molecular weight excluding hydrogens is 300 g/mol. The molecule has 0 spiro atoms. The molecule has 2 aromatic carbocycles. The molecule has 0 bridgehead atoms. The van der Waals surface area contributed by atoms with Gasteiger partial charge in [0.05, 0.1) is 17.7 Å². The number of methoxy groups -OCH3 is 1. The van der Waals surface area contributed by atoms with Crippen LogP contribution >= 0.6 is 0 Å². The third-order valence-corrected chi connectivity index (χ3v) is 4.17. The fourth-order valence-electron chi connectivity index (χ4n) is 3.01. The van der Waals surface area contributed by atoms with E-state index in [4.69, 9.17) is 14.5 Å². The molecule has 4 rings (SSSR count). The number of pyridine rings is 1. The molecule has 0 fully saturated rings. The van der Waals surface area contributed by atoms with Crippen LogP contribution < -0.4 is 0 Å². The lowest BCUT2D eigenvalue weighted by molar-refractivity contribution is 0.120. The van der Waals surface area contributed by atoms with Crippen molar-refractivity contribution in [2.45, 2.75) is 12.1 Å². The van der Waals surface area contributed by atoms with E-state index in [0.717, 1.165) is 22.0 Å². The number of fused-ring (bicyclic) bond motifs is 1. The van der Waals surface area contributed by atoms with E-state index in [-0.39, 0.29) is 12.1 Å². The summed E-state index contributed by atoms with van der Waals surface area (Å²) < 4.78 is 11.5. The predicted octanol–water partition coefficient (Wildman–Crippen LogP) is 3.77. The Bertz CT molecular complexity index is 877. The van der Waals surface area contributed by atoms with Gasteiger partial charge in [-0.2, -0.15) is 0 Å². The van der Waals surface area contributed by atoms with Crippen molar-refractivity contribution in [1.29, 1.82) is 0 Å². The second-order valence-electron chi connectivity index (χ2n) is 5.82. The molecule has 24 heavy (non-hydrogen) atoms. The van der Waals surface area contributed by atoms with Crippen molar-refractivity contribution in [2.75, 3.05) is 13.7 Å². The Morgan fingerprint density at radius 3 is 2.67 bits per heavy atom. The number of para-hydroxylation sites is 1. The molecule has 0 radical (unpaired) electrons. The van der Waals surface area contributed by atoms with E-state index >= 15 is 0 Å². The number of hydrogen-bond acceptors (Lipinski definition) is 4. The lowest BCUT2D eigenvalue weighted by Crippen LogP contribution is -2.19. The lowest BCUT2D eigenvalue weighted by Gasteiger charge is -2.17. The van der Waals surface area contributed by atoms with Crippen LogP contribution in [0, 0.1) is 0 Å². The van der Waals surface area contributed by atoms with Crippen LogP contribution in [0.15, 0.2) is 71.9 Å². The first-order chi connectivity index (χ1) is 11.8. The number of rotatable bonds is 4. The zero-order chi connectivity index (χ0) is 16.4. The number of aromatic nitrogens is 1.